The molecule has 3 nitrogen and oxygen atoms in total. The summed E-state index contributed by atoms with van der Waals surface area (Å²) in [6.07, 6.45) is 14.8. The predicted molar refractivity (Wildman–Crippen MR) is 102 cm³/mol. The first-order valence-electron chi connectivity index (χ1n) is 9.32. The van der Waals surface area contributed by atoms with Gasteiger partial charge in [-0.05, 0) is 31.0 Å². The van der Waals surface area contributed by atoms with Crippen LogP contribution in [-0.2, 0) is 4.74 Å². The SMILES string of the molecule is CCCCCCCCCC(C)OC/C=C/c1ccc(O)c(OC)c1. The summed E-state index contributed by atoms with van der Waals surface area (Å²) >= 11 is 0. The van der Waals surface area contributed by atoms with Gasteiger partial charge in [-0.2, -0.15) is 0 Å². The number of benzene rings is 1. The highest BCUT2D eigenvalue weighted by Crippen LogP contribution is 2.26. The smallest absolute Gasteiger partial charge is 0.161 e. The van der Waals surface area contributed by atoms with Crippen LogP contribution in [0.25, 0.3) is 6.08 Å². The van der Waals surface area contributed by atoms with E-state index in [0.29, 0.717) is 18.5 Å². The first-order valence-corrected chi connectivity index (χ1v) is 9.32. The summed E-state index contributed by atoms with van der Waals surface area (Å²) in [5.41, 5.74) is 0.994. The van der Waals surface area contributed by atoms with E-state index in [1.807, 2.05) is 24.3 Å². The standard InChI is InChI=1S/C21H34O3/c1-4-5-6-7-8-9-10-12-18(2)24-16-11-13-19-14-15-20(22)21(17-19)23-3/h11,13-15,17-18,22H,4-10,12,16H2,1-3H3/b13-11+. The largest absolute Gasteiger partial charge is 0.504 e. The summed E-state index contributed by atoms with van der Waals surface area (Å²) in [6, 6.07) is 5.31. The number of hydrogen-bond donors (Lipinski definition) is 1. The van der Waals surface area contributed by atoms with Gasteiger partial charge in [0.25, 0.3) is 0 Å². The maximum atomic E-state index is 9.57. The van der Waals surface area contributed by atoms with Gasteiger partial charge in [-0.3, -0.25) is 0 Å². The monoisotopic (exact) mass is 334 g/mol. The molecule has 0 heterocycles. The van der Waals surface area contributed by atoms with Crippen molar-refractivity contribution >= 4 is 6.08 Å². The van der Waals surface area contributed by atoms with E-state index < -0.39 is 0 Å². The molecule has 0 saturated carbocycles. The van der Waals surface area contributed by atoms with Gasteiger partial charge in [-0.15, -0.1) is 0 Å². The van der Waals surface area contributed by atoms with Crippen molar-refractivity contribution < 1.29 is 14.6 Å². The molecule has 0 radical (unpaired) electrons. The Hall–Kier alpha value is -1.48. The molecular formula is C21H34O3. The highest BCUT2D eigenvalue weighted by molar-refractivity contribution is 5.55. The quantitative estimate of drug-likeness (QED) is 0.452. The number of unbranched alkanes of at least 4 members (excludes halogenated alkanes) is 6. The molecule has 1 unspecified atom stereocenters. The van der Waals surface area contributed by atoms with Crippen LogP contribution in [0.4, 0.5) is 0 Å². The van der Waals surface area contributed by atoms with Crippen LogP contribution in [0, 0.1) is 0 Å². The molecule has 0 aliphatic rings. The Morgan fingerprint density at radius 1 is 1.08 bits per heavy atom. The zero-order chi connectivity index (χ0) is 17.6. The lowest BCUT2D eigenvalue weighted by Gasteiger charge is -2.11. The molecule has 1 N–H and O–H groups in total. The van der Waals surface area contributed by atoms with Crippen LogP contribution >= 0.6 is 0 Å². The molecule has 0 aromatic heterocycles. The Kier molecular flexibility index (Phi) is 11.0. The zero-order valence-electron chi connectivity index (χ0n) is 15.6. The van der Waals surface area contributed by atoms with Gasteiger partial charge in [0.2, 0.25) is 0 Å². The second-order valence-corrected chi connectivity index (χ2v) is 6.39. The normalized spacial score (nSPS) is 12.6. The van der Waals surface area contributed by atoms with Crippen LogP contribution in [-0.4, -0.2) is 24.9 Å². The Bertz CT molecular complexity index is 468. The van der Waals surface area contributed by atoms with E-state index in [9.17, 15) is 5.11 Å². The maximum Gasteiger partial charge on any atom is 0.161 e. The number of hydrogen-bond acceptors (Lipinski definition) is 3. The third kappa shape index (κ3) is 8.97. The lowest BCUT2D eigenvalue weighted by atomic mass is 10.1. The summed E-state index contributed by atoms with van der Waals surface area (Å²) in [5.74, 6) is 0.652. The van der Waals surface area contributed by atoms with Crippen LogP contribution in [0.1, 0.15) is 70.8 Å². The van der Waals surface area contributed by atoms with Crippen molar-refractivity contribution in [3.05, 3.63) is 29.8 Å². The summed E-state index contributed by atoms with van der Waals surface area (Å²) in [5, 5.41) is 9.57. The molecule has 24 heavy (non-hydrogen) atoms. The van der Waals surface area contributed by atoms with Crippen molar-refractivity contribution in [3.63, 3.8) is 0 Å². The fourth-order valence-electron chi connectivity index (χ4n) is 2.67. The topological polar surface area (TPSA) is 38.7 Å². The molecule has 1 aromatic carbocycles. The molecule has 0 fully saturated rings. The molecule has 0 aliphatic heterocycles. The molecule has 0 spiro atoms. The second kappa shape index (κ2) is 12.9. The number of phenolic OH excluding ortho intramolecular Hbond substituents is 1. The van der Waals surface area contributed by atoms with Gasteiger partial charge in [0.05, 0.1) is 19.8 Å². The van der Waals surface area contributed by atoms with E-state index in [4.69, 9.17) is 9.47 Å². The van der Waals surface area contributed by atoms with Gasteiger partial charge in [0.1, 0.15) is 0 Å². The molecule has 136 valence electrons. The van der Waals surface area contributed by atoms with Crippen LogP contribution in [0.15, 0.2) is 24.3 Å². The summed E-state index contributed by atoms with van der Waals surface area (Å²) in [4.78, 5) is 0. The van der Waals surface area contributed by atoms with Crippen LogP contribution in [0.2, 0.25) is 0 Å². The van der Waals surface area contributed by atoms with Crippen LogP contribution in [0.5, 0.6) is 11.5 Å². The Labute approximate surface area is 147 Å². The third-order valence-corrected chi connectivity index (χ3v) is 4.21. The highest BCUT2D eigenvalue weighted by atomic mass is 16.5. The van der Waals surface area contributed by atoms with Gasteiger partial charge in [0, 0.05) is 0 Å². The summed E-state index contributed by atoms with van der Waals surface area (Å²) in [6.45, 7) is 5.01. The van der Waals surface area contributed by atoms with E-state index in [0.717, 1.165) is 12.0 Å². The number of ether oxygens (including phenoxy) is 2. The van der Waals surface area contributed by atoms with Crippen molar-refractivity contribution in [2.45, 2.75) is 71.3 Å². The third-order valence-electron chi connectivity index (χ3n) is 4.21. The van der Waals surface area contributed by atoms with Gasteiger partial charge < -0.3 is 14.6 Å². The van der Waals surface area contributed by atoms with E-state index in [2.05, 4.69) is 13.8 Å². The molecule has 1 rings (SSSR count). The maximum absolute atomic E-state index is 9.57. The molecule has 1 atom stereocenters. The van der Waals surface area contributed by atoms with Gasteiger partial charge in [0.15, 0.2) is 11.5 Å². The van der Waals surface area contributed by atoms with E-state index >= 15 is 0 Å². The number of methoxy groups -OCH3 is 1. The number of aromatic hydroxyl groups is 1. The lowest BCUT2D eigenvalue weighted by Crippen LogP contribution is -2.07. The predicted octanol–water partition coefficient (Wildman–Crippen LogP) is 5.96. The summed E-state index contributed by atoms with van der Waals surface area (Å²) < 4.78 is 10.9. The van der Waals surface area contributed by atoms with Crippen molar-refractivity contribution in [1.29, 1.82) is 0 Å². The highest BCUT2D eigenvalue weighted by Gasteiger charge is 2.02. The van der Waals surface area contributed by atoms with Gasteiger partial charge >= 0.3 is 0 Å². The molecule has 1 aromatic rings. The van der Waals surface area contributed by atoms with Crippen LogP contribution in [0.3, 0.4) is 0 Å². The Morgan fingerprint density at radius 2 is 1.79 bits per heavy atom. The Morgan fingerprint density at radius 3 is 2.50 bits per heavy atom. The molecule has 0 amide bonds. The summed E-state index contributed by atoms with van der Waals surface area (Å²) in [7, 11) is 1.55. The van der Waals surface area contributed by atoms with Crippen molar-refractivity contribution in [3.8, 4) is 11.5 Å². The molecule has 0 saturated heterocycles. The first kappa shape index (κ1) is 20.6. The molecular weight excluding hydrogens is 300 g/mol. The zero-order valence-corrected chi connectivity index (χ0v) is 15.6. The average Bonchev–Trinajstić information content (AvgIpc) is 2.59. The minimum Gasteiger partial charge on any atom is -0.504 e. The second-order valence-electron chi connectivity index (χ2n) is 6.39. The van der Waals surface area contributed by atoms with Crippen molar-refractivity contribution in [2.75, 3.05) is 13.7 Å². The van der Waals surface area contributed by atoms with Gasteiger partial charge in [-0.25, -0.2) is 0 Å². The first-order chi connectivity index (χ1) is 11.7. The molecule has 3 heteroatoms. The van der Waals surface area contributed by atoms with Crippen molar-refractivity contribution in [2.24, 2.45) is 0 Å². The number of rotatable bonds is 13. The van der Waals surface area contributed by atoms with Crippen LogP contribution < -0.4 is 4.74 Å². The van der Waals surface area contributed by atoms with E-state index in [-0.39, 0.29) is 5.75 Å². The van der Waals surface area contributed by atoms with E-state index in [1.54, 1.807) is 13.2 Å². The average molecular weight is 335 g/mol. The van der Waals surface area contributed by atoms with E-state index in [1.165, 1.54) is 44.9 Å². The van der Waals surface area contributed by atoms with Gasteiger partial charge in [-0.1, -0.05) is 70.1 Å². The minimum absolute atomic E-state index is 0.161. The Balaban J connectivity index is 2.13. The fraction of sp³-hybridized carbons (Fsp3) is 0.619. The fourth-order valence-corrected chi connectivity index (χ4v) is 2.67. The number of phenols is 1. The molecule has 0 bridgehead atoms. The molecule has 0 aliphatic carbocycles. The van der Waals surface area contributed by atoms with Crippen molar-refractivity contribution in [1.82, 2.24) is 0 Å². The lowest BCUT2D eigenvalue weighted by molar-refractivity contribution is 0.0800. The minimum atomic E-state index is 0.161.